The molecule has 5 nitrogen and oxygen atoms in total. The largest absolute Gasteiger partial charge is 0.342 e. The van der Waals surface area contributed by atoms with Crippen molar-refractivity contribution in [3.63, 3.8) is 0 Å². The maximum Gasteiger partial charge on any atom is 0.225 e. The summed E-state index contributed by atoms with van der Waals surface area (Å²) in [7, 11) is -3.11. The zero-order valence-electron chi connectivity index (χ0n) is 13.3. The van der Waals surface area contributed by atoms with Crippen LogP contribution in [0, 0.1) is 11.8 Å². The Kier molecular flexibility index (Phi) is 5.66. The van der Waals surface area contributed by atoms with E-state index in [4.69, 9.17) is 0 Å². The normalized spacial score (nSPS) is 26.0. The van der Waals surface area contributed by atoms with E-state index in [2.05, 4.69) is 6.92 Å². The van der Waals surface area contributed by atoms with E-state index >= 15 is 0 Å². The second kappa shape index (κ2) is 7.09. The zero-order chi connectivity index (χ0) is 15.5. The minimum Gasteiger partial charge on any atom is -0.342 e. The first kappa shape index (κ1) is 16.7. The summed E-state index contributed by atoms with van der Waals surface area (Å²) < 4.78 is 25.6. The van der Waals surface area contributed by atoms with Gasteiger partial charge in [-0.3, -0.25) is 4.79 Å². The molecular formula is C15H28N2O3S. The van der Waals surface area contributed by atoms with Crippen molar-refractivity contribution in [1.29, 1.82) is 0 Å². The molecule has 6 heteroatoms. The number of likely N-dealkylation sites (tertiary alicyclic amines) is 1. The molecule has 0 N–H and O–H groups in total. The van der Waals surface area contributed by atoms with Gasteiger partial charge in [-0.15, -0.1) is 0 Å². The Balaban J connectivity index is 1.87. The molecule has 2 fully saturated rings. The maximum atomic E-state index is 12.5. The van der Waals surface area contributed by atoms with Crippen LogP contribution in [0.3, 0.4) is 0 Å². The molecule has 1 unspecified atom stereocenters. The van der Waals surface area contributed by atoms with Crippen molar-refractivity contribution in [2.24, 2.45) is 11.8 Å². The molecule has 0 aliphatic carbocycles. The van der Waals surface area contributed by atoms with Crippen molar-refractivity contribution in [2.45, 2.75) is 46.0 Å². The SMILES string of the molecule is CCCS(=O)(=O)N1CCC(C(=O)N2CCCC(C)C2)CC1. The van der Waals surface area contributed by atoms with Crippen LogP contribution >= 0.6 is 0 Å². The van der Waals surface area contributed by atoms with Gasteiger partial charge in [0.15, 0.2) is 0 Å². The van der Waals surface area contributed by atoms with Gasteiger partial charge in [0.1, 0.15) is 0 Å². The van der Waals surface area contributed by atoms with Crippen LogP contribution in [0.2, 0.25) is 0 Å². The molecule has 122 valence electrons. The summed E-state index contributed by atoms with van der Waals surface area (Å²) in [5.74, 6) is 1.07. The summed E-state index contributed by atoms with van der Waals surface area (Å²) in [5, 5.41) is 0. The Bertz CT molecular complexity index is 456. The zero-order valence-corrected chi connectivity index (χ0v) is 14.1. The number of sulfonamides is 1. The molecule has 2 heterocycles. The summed E-state index contributed by atoms with van der Waals surface area (Å²) in [5.41, 5.74) is 0. The van der Waals surface area contributed by atoms with Gasteiger partial charge in [0.2, 0.25) is 15.9 Å². The number of amides is 1. The predicted molar refractivity (Wildman–Crippen MR) is 83.4 cm³/mol. The number of carbonyl (C=O) groups excluding carboxylic acids is 1. The topological polar surface area (TPSA) is 57.7 Å². The molecule has 1 amide bonds. The van der Waals surface area contributed by atoms with E-state index in [0.717, 1.165) is 19.5 Å². The van der Waals surface area contributed by atoms with Gasteiger partial charge in [0, 0.05) is 32.1 Å². The van der Waals surface area contributed by atoms with Gasteiger partial charge in [0.25, 0.3) is 0 Å². The molecule has 0 aromatic carbocycles. The highest BCUT2D eigenvalue weighted by atomic mass is 32.2. The summed E-state index contributed by atoms with van der Waals surface area (Å²) in [6.07, 6.45) is 4.29. The Morgan fingerprint density at radius 3 is 2.38 bits per heavy atom. The van der Waals surface area contributed by atoms with E-state index < -0.39 is 10.0 Å². The molecule has 0 spiro atoms. The van der Waals surface area contributed by atoms with E-state index in [1.165, 1.54) is 6.42 Å². The van der Waals surface area contributed by atoms with Crippen molar-refractivity contribution in [3.8, 4) is 0 Å². The van der Waals surface area contributed by atoms with E-state index in [-0.39, 0.29) is 17.6 Å². The first-order valence-electron chi connectivity index (χ1n) is 8.20. The molecule has 0 bridgehead atoms. The Hall–Kier alpha value is -0.620. The smallest absolute Gasteiger partial charge is 0.225 e. The van der Waals surface area contributed by atoms with Crippen molar-refractivity contribution in [2.75, 3.05) is 31.9 Å². The highest BCUT2D eigenvalue weighted by molar-refractivity contribution is 7.89. The molecule has 2 saturated heterocycles. The lowest BCUT2D eigenvalue weighted by Gasteiger charge is -2.36. The van der Waals surface area contributed by atoms with Gasteiger partial charge in [-0.25, -0.2) is 12.7 Å². The van der Waals surface area contributed by atoms with E-state index in [9.17, 15) is 13.2 Å². The van der Waals surface area contributed by atoms with E-state index in [1.807, 2.05) is 11.8 Å². The number of piperidine rings is 2. The lowest BCUT2D eigenvalue weighted by molar-refractivity contribution is -0.138. The maximum absolute atomic E-state index is 12.5. The monoisotopic (exact) mass is 316 g/mol. The van der Waals surface area contributed by atoms with Gasteiger partial charge >= 0.3 is 0 Å². The number of carbonyl (C=O) groups is 1. The van der Waals surface area contributed by atoms with Crippen LogP contribution in [-0.2, 0) is 14.8 Å². The quantitative estimate of drug-likeness (QED) is 0.793. The molecular weight excluding hydrogens is 288 g/mol. The van der Waals surface area contributed by atoms with Crippen LogP contribution in [-0.4, -0.2) is 55.5 Å². The molecule has 0 radical (unpaired) electrons. The van der Waals surface area contributed by atoms with Crippen LogP contribution < -0.4 is 0 Å². The van der Waals surface area contributed by atoms with Crippen molar-refractivity contribution < 1.29 is 13.2 Å². The van der Waals surface area contributed by atoms with Crippen LogP contribution in [0.5, 0.6) is 0 Å². The molecule has 2 aliphatic rings. The second-order valence-electron chi connectivity index (χ2n) is 6.52. The Morgan fingerprint density at radius 2 is 1.81 bits per heavy atom. The number of hydrogen-bond acceptors (Lipinski definition) is 3. The second-order valence-corrected chi connectivity index (χ2v) is 8.61. The fourth-order valence-electron chi connectivity index (χ4n) is 3.42. The van der Waals surface area contributed by atoms with Crippen LogP contribution in [0.1, 0.15) is 46.0 Å². The van der Waals surface area contributed by atoms with Crippen LogP contribution in [0.15, 0.2) is 0 Å². The molecule has 0 saturated carbocycles. The average molecular weight is 316 g/mol. The first-order valence-corrected chi connectivity index (χ1v) is 9.81. The highest BCUT2D eigenvalue weighted by Gasteiger charge is 2.33. The minimum atomic E-state index is -3.11. The van der Waals surface area contributed by atoms with Crippen molar-refractivity contribution in [1.82, 2.24) is 9.21 Å². The summed E-state index contributed by atoms with van der Waals surface area (Å²) in [6.45, 7) is 6.82. The van der Waals surface area contributed by atoms with E-state index in [0.29, 0.717) is 38.3 Å². The Labute approximate surface area is 128 Å². The fraction of sp³-hybridized carbons (Fsp3) is 0.933. The summed E-state index contributed by atoms with van der Waals surface area (Å²) in [6, 6.07) is 0. The molecule has 0 aromatic heterocycles. The lowest BCUT2D eigenvalue weighted by Crippen LogP contribution is -2.47. The lowest BCUT2D eigenvalue weighted by atomic mass is 9.93. The van der Waals surface area contributed by atoms with Gasteiger partial charge < -0.3 is 4.90 Å². The summed E-state index contributed by atoms with van der Waals surface area (Å²) in [4.78, 5) is 14.5. The molecule has 0 aromatic rings. The molecule has 21 heavy (non-hydrogen) atoms. The fourth-order valence-corrected chi connectivity index (χ4v) is 4.96. The number of nitrogens with zero attached hydrogens (tertiary/aromatic N) is 2. The van der Waals surface area contributed by atoms with Gasteiger partial charge in [0.05, 0.1) is 5.75 Å². The minimum absolute atomic E-state index is 0.0170. The van der Waals surface area contributed by atoms with Crippen molar-refractivity contribution >= 4 is 15.9 Å². The van der Waals surface area contributed by atoms with Gasteiger partial charge in [-0.2, -0.15) is 0 Å². The Morgan fingerprint density at radius 1 is 1.14 bits per heavy atom. The predicted octanol–water partition coefficient (Wildman–Crippen LogP) is 1.70. The van der Waals surface area contributed by atoms with Crippen LogP contribution in [0.25, 0.3) is 0 Å². The molecule has 2 rings (SSSR count). The highest BCUT2D eigenvalue weighted by Crippen LogP contribution is 2.25. The first-order chi connectivity index (χ1) is 9.94. The van der Waals surface area contributed by atoms with E-state index in [1.54, 1.807) is 4.31 Å². The molecule has 2 aliphatic heterocycles. The third kappa shape index (κ3) is 4.19. The standard InChI is InChI=1S/C15H28N2O3S/c1-3-11-21(19,20)17-9-6-14(7-10-17)15(18)16-8-4-5-13(2)12-16/h13-14H,3-12H2,1-2H3. The molecule has 1 atom stereocenters. The summed E-state index contributed by atoms with van der Waals surface area (Å²) >= 11 is 0. The third-order valence-electron chi connectivity index (χ3n) is 4.63. The number of rotatable bonds is 4. The van der Waals surface area contributed by atoms with Gasteiger partial charge in [-0.1, -0.05) is 13.8 Å². The van der Waals surface area contributed by atoms with Crippen molar-refractivity contribution in [3.05, 3.63) is 0 Å². The van der Waals surface area contributed by atoms with Gasteiger partial charge in [-0.05, 0) is 38.0 Å². The average Bonchev–Trinajstić information content (AvgIpc) is 2.46. The third-order valence-corrected chi connectivity index (χ3v) is 6.70. The van der Waals surface area contributed by atoms with Crippen LogP contribution in [0.4, 0.5) is 0 Å². The number of hydrogen-bond donors (Lipinski definition) is 0.